The number of benzene rings is 1. The van der Waals surface area contributed by atoms with E-state index in [0.29, 0.717) is 11.0 Å². The summed E-state index contributed by atoms with van der Waals surface area (Å²) < 4.78 is 5.74. The van der Waals surface area contributed by atoms with Gasteiger partial charge in [0, 0.05) is 64.5 Å². The van der Waals surface area contributed by atoms with Gasteiger partial charge in [-0.3, -0.25) is 0 Å². The van der Waals surface area contributed by atoms with Crippen LogP contribution in [0, 0.1) is 0 Å². The molecule has 2 aliphatic rings. The third-order valence-corrected chi connectivity index (χ3v) is 7.30. The Labute approximate surface area is 242 Å². The normalized spacial score (nSPS) is 14.9. The highest BCUT2D eigenvalue weighted by molar-refractivity contribution is 7.80. The number of nitrogens with zero attached hydrogens (tertiary/aromatic N) is 6. The maximum absolute atomic E-state index is 5.74. The van der Waals surface area contributed by atoms with E-state index in [9.17, 15) is 0 Å². The minimum atomic E-state index is 0.535. The Bertz CT molecular complexity index is 1180. The molecule has 3 N–H and O–H groups in total. The molecule has 11 heteroatoms. The van der Waals surface area contributed by atoms with Crippen LogP contribution >= 0.6 is 12.2 Å². The van der Waals surface area contributed by atoms with E-state index in [1.165, 1.54) is 25.7 Å². The highest BCUT2D eigenvalue weighted by atomic mass is 32.1. The Morgan fingerprint density at radius 2 is 1.65 bits per heavy atom. The Morgan fingerprint density at radius 1 is 0.925 bits per heavy atom. The topological polar surface area (TPSA) is 93.7 Å². The smallest absolute Gasteiger partial charge is 0.229 e. The molecule has 4 heterocycles. The number of ether oxygens (including phenoxy) is 1. The number of para-hydroxylation sites is 1. The Balaban J connectivity index is 1.02. The van der Waals surface area contributed by atoms with Crippen LogP contribution < -0.4 is 30.5 Å². The highest BCUT2D eigenvalue weighted by Crippen LogP contribution is 2.25. The number of hydrogen-bond donors (Lipinski definition) is 3. The largest absolute Gasteiger partial charge is 0.439 e. The average molecular weight is 562 g/mol. The van der Waals surface area contributed by atoms with Gasteiger partial charge in [0.25, 0.3) is 0 Å². The molecule has 0 spiro atoms. The summed E-state index contributed by atoms with van der Waals surface area (Å²) >= 11 is 5.46. The summed E-state index contributed by atoms with van der Waals surface area (Å²) in [6, 6.07) is 15.4. The van der Waals surface area contributed by atoms with Crippen molar-refractivity contribution < 1.29 is 4.74 Å². The van der Waals surface area contributed by atoms with E-state index in [4.69, 9.17) is 26.9 Å². The molecular weight excluding hydrogens is 522 g/mol. The lowest BCUT2D eigenvalue weighted by Gasteiger charge is -2.22. The van der Waals surface area contributed by atoms with Crippen molar-refractivity contribution in [3.63, 3.8) is 0 Å². The van der Waals surface area contributed by atoms with Crippen LogP contribution in [0.15, 0.2) is 54.7 Å². The minimum Gasteiger partial charge on any atom is -0.439 e. The fraction of sp³-hybridized carbons (Fsp3) is 0.448. The molecule has 0 atom stereocenters. The molecule has 2 aromatic heterocycles. The van der Waals surface area contributed by atoms with Crippen LogP contribution in [0.2, 0.25) is 0 Å². The molecule has 2 saturated heterocycles. The van der Waals surface area contributed by atoms with Gasteiger partial charge < -0.3 is 35.4 Å². The fourth-order valence-corrected chi connectivity index (χ4v) is 5.05. The van der Waals surface area contributed by atoms with Gasteiger partial charge in [0.05, 0.1) is 11.9 Å². The van der Waals surface area contributed by atoms with E-state index in [1.54, 1.807) is 6.20 Å². The van der Waals surface area contributed by atoms with Gasteiger partial charge >= 0.3 is 0 Å². The average Bonchev–Trinajstić information content (AvgIpc) is 3.70. The second-order valence-corrected chi connectivity index (χ2v) is 10.6. The first-order valence-electron chi connectivity index (χ1n) is 14.2. The lowest BCUT2D eigenvalue weighted by molar-refractivity contribution is 0.352. The number of aromatic nitrogens is 3. The zero-order chi connectivity index (χ0) is 27.6. The second kappa shape index (κ2) is 14.1. The van der Waals surface area contributed by atoms with Crippen LogP contribution in [0.1, 0.15) is 25.7 Å². The van der Waals surface area contributed by atoms with Crippen molar-refractivity contribution in [1.82, 2.24) is 25.2 Å². The summed E-state index contributed by atoms with van der Waals surface area (Å²) in [7, 11) is 2.11. The molecule has 212 valence electrons. The molecule has 5 rings (SSSR count). The molecule has 0 amide bonds. The first-order chi connectivity index (χ1) is 19.6. The standard InChI is InChI=1S/C29H39N9OS/c1-36(20-14-31-29(40)33-23-11-12-27(32-22-23)39-24-9-3-2-4-10-24)19-13-30-25-21-26(37-15-5-6-16-37)35-28(34-25)38-17-7-8-18-38/h2-4,9-12,21-22H,5-8,13-20H2,1H3,(H,30,34,35)(H2,31,33,40). The lowest BCUT2D eigenvalue weighted by Crippen LogP contribution is -2.36. The van der Waals surface area contributed by atoms with Gasteiger partial charge in [-0.2, -0.15) is 9.97 Å². The summed E-state index contributed by atoms with van der Waals surface area (Å²) in [6.45, 7) is 7.51. The molecule has 10 nitrogen and oxygen atoms in total. The quantitative estimate of drug-likeness (QED) is 0.278. The molecule has 1 aromatic carbocycles. The maximum Gasteiger partial charge on any atom is 0.229 e. The molecule has 40 heavy (non-hydrogen) atoms. The van der Waals surface area contributed by atoms with Gasteiger partial charge in [-0.15, -0.1) is 0 Å². The number of hydrogen-bond acceptors (Lipinski definition) is 9. The Morgan fingerprint density at radius 3 is 2.38 bits per heavy atom. The van der Waals surface area contributed by atoms with Crippen LogP contribution in [0.3, 0.4) is 0 Å². The van der Waals surface area contributed by atoms with Gasteiger partial charge in [-0.1, -0.05) is 18.2 Å². The van der Waals surface area contributed by atoms with Crippen LogP contribution in [-0.4, -0.2) is 84.4 Å². The maximum atomic E-state index is 5.74. The molecule has 0 unspecified atom stereocenters. The van der Waals surface area contributed by atoms with Crippen molar-refractivity contribution in [2.75, 3.05) is 79.8 Å². The number of nitrogens with one attached hydrogen (secondary N) is 3. The number of likely N-dealkylation sites (N-methyl/N-ethyl adjacent to an activating group) is 1. The van der Waals surface area contributed by atoms with Gasteiger partial charge in [0.15, 0.2) is 5.11 Å². The van der Waals surface area contributed by atoms with Gasteiger partial charge in [-0.25, -0.2) is 4.98 Å². The second-order valence-electron chi connectivity index (χ2n) is 10.2. The number of pyridine rings is 1. The SMILES string of the molecule is CN(CCNC(=S)Nc1ccc(Oc2ccccc2)nc1)CCNc1cc(N2CCCC2)nc(N2CCCC2)n1. The summed E-state index contributed by atoms with van der Waals surface area (Å²) in [4.78, 5) is 21.0. The molecule has 3 aromatic rings. The molecule has 2 fully saturated rings. The van der Waals surface area contributed by atoms with Crippen molar-refractivity contribution in [3.8, 4) is 11.6 Å². The van der Waals surface area contributed by atoms with E-state index < -0.39 is 0 Å². The van der Waals surface area contributed by atoms with Gasteiger partial charge in [0.2, 0.25) is 11.8 Å². The van der Waals surface area contributed by atoms with Crippen molar-refractivity contribution in [1.29, 1.82) is 0 Å². The van der Waals surface area contributed by atoms with E-state index in [1.807, 2.05) is 42.5 Å². The number of thiocarbonyl (C=S) groups is 1. The lowest BCUT2D eigenvalue weighted by atomic mass is 10.3. The molecule has 0 bridgehead atoms. The Hall–Kier alpha value is -3.70. The van der Waals surface area contributed by atoms with E-state index in [2.05, 4.69) is 48.7 Å². The summed E-state index contributed by atoms with van der Waals surface area (Å²) in [6.07, 6.45) is 6.60. The Kier molecular flexibility index (Phi) is 9.81. The monoisotopic (exact) mass is 561 g/mol. The molecule has 2 aliphatic heterocycles. The van der Waals surface area contributed by atoms with Crippen molar-refractivity contribution in [2.24, 2.45) is 0 Å². The molecule has 0 saturated carbocycles. The van der Waals surface area contributed by atoms with Crippen LogP contribution in [0.4, 0.5) is 23.3 Å². The molecule has 0 radical (unpaired) electrons. The third-order valence-electron chi connectivity index (χ3n) is 7.06. The van der Waals surface area contributed by atoms with Gasteiger partial charge in [-0.05, 0) is 63.1 Å². The van der Waals surface area contributed by atoms with E-state index in [0.717, 1.165) is 81.4 Å². The van der Waals surface area contributed by atoms with E-state index in [-0.39, 0.29) is 0 Å². The summed E-state index contributed by atoms with van der Waals surface area (Å²) in [5.74, 6) is 4.10. The molecular formula is C29H39N9OS. The predicted octanol–water partition coefficient (Wildman–Crippen LogP) is 4.19. The predicted molar refractivity (Wildman–Crippen MR) is 166 cm³/mol. The van der Waals surface area contributed by atoms with Crippen molar-refractivity contribution in [3.05, 3.63) is 54.7 Å². The third kappa shape index (κ3) is 8.15. The first kappa shape index (κ1) is 27.9. The summed E-state index contributed by atoms with van der Waals surface area (Å²) in [5, 5.41) is 10.5. The van der Waals surface area contributed by atoms with Crippen LogP contribution in [-0.2, 0) is 0 Å². The van der Waals surface area contributed by atoms with E-state index >= 15 is 0 Å². The van der Waals surface area contributed by atoms with Crippen molar-refractivity contribution >= 4 is 40.6 Å². The fourth-order valence-electron chi connectivity index (χ4n) is 4.83. The van der Waals surface area contributed by atoms with Crippen LogP contribution in [0.5, 0.6) is 11.6 Å². The highest BCUT2D eigenvalue weighted by Gasteiger charge is 2.20. The van der Waals surface area contributed by atoms with Gasteiger partial charge in [0.1, 0.15) is 17.4 Å². The van der Waals surface area contributed by atoms with Crippen LogP contribution in [0.25, 0.3) is 0 Å². The molecule has 0 aliphatic carbocycles. The summed E-state index contributed by atoms with van der Waals surface area (Å²) in [5.41, 5.74) is 0.807. The first-order valence-corrected chi connectivity index (χ1v) is 14.6. The minimum absolute atomic E-state index is 0.535. The number of anilines is 4. The van der Waals surface area contributed by atoms with Crippen molar-refractivity contribution in [2.45, 2.75) is 25.7 Å². The number of rotatable bonds is 12. The zero-order valence-electron chi connectivity index (χ0n) is 23.2. The zero-order valence-corrected chi connectivity index (χ0v) is 24.0.